The lowest BCUT2D eigenvalue weighted by Crippen LogP contribution is -2.50. The smallest absolute Gasteiger partial charge is 0.251 e. The zero-order valence-electron chi connectivity index (χ0n) is 20.0. The average Bonchev–Trinajstić information content (AvgIpc) is 2.99. The molecule has 6 nitrogen and oxygen atoms in total. The van der Waals surface area contributed by atoms with Gasteiger partial charge in [-0.3, -0.25) is 14.4 Å². The topological polar surface area (TPSA) is 69.7 Å². The van der Waals surface area contributed by atoms with Crippen LogP contribution in [0.1, 0.15) is 61.5 Å². The first-order chi connectivity index (χ1) is 15.6. The third-order valence-corrected chi connectivity index (χ3v) is 6.80. The van der Waals surface area contributed by atoms with Crippen LogP contribution in [0.5, 0.6) is 0 Å². The second-order valence-corrected chi connectivity index (χ2v) is 10.5. The van der Waals surface area contributed by atoms with Crippen molar-refractivity contribution in [3.05, 3.63) is 65.2 Å². The number of hydrogen-bond donors (Lipinski definition) is 1. The van der Waals surface area contributed by atoms with Gasteiger partial charge in [0, 0.05) is 44.4 Å². The molecule has 0 atom stereocenters. The number of hydrogen-bond acceptors (Lipinski definition) is 3. The number of likely N-dealkylation sites (tertiary alicyclic amines) is 1. The van der Waals surface area contributed by atoms with E-state index in [0.717, 1.165) is 16.8 Å². The summed E-state index contributed by atoms with van der Waals surface area (Å²) in [7, 11) is 1.79. The predicted octanol–water partition coefficient (Wildman–Crippen LogP) is 3.89. The lowest BCUT2D eigenvalue weighted by molar-refractivity contribution is -0.137. The van der Waals surface area contributed by atoms with Crippen LogP contribution in [0.2, 0.25) is 0 Å². The zero-order valence-corrected chi connectivity index (χ0v) is 20.0. The number of amides is 3. The Morgan fingerprint density at radius 3 is 2.33 bits per heavy atom. The van der Waals surface area contributed by atoms with E-state index in [9.17, 15) is 14.4 Å². The molecule has 1 N–H and O–H groups in total. The molecule has 2 heterocycles. The molecule has 1 saturated heterocycles. The van der Waals surface area contributed by atoms with Crippen LogP contribution in [0, 0.1) is 5.41 Å². The van der Waals surface area contributed by atoms with Crippen molar-refractivity contribution < 1.29 is 14.4 Å². The number of benzene rings is 2. The second kappa shape index (κ2) is 8.65. The number of carbonyl (C=O) groups is 3. The molecule has 0 aromatic heterocycles. The van der Waals surface area contributed by atoms with Crippen molar-refractivity contribution in [2.24, 2.45) is 5.41 Å². The summed E-state index contributed by atoms with van der Waals surface area (Å²) in [5, 5.41) is 2.97. The molecule has 0 aliphatic carbocycles. The molecule has 0 bridgehead atoms. The molecule has 6 heteroatoms. The molecule has 0 unspecified atom stereocenters. The van der Waals surface area contributed by atoms with Crippen molar-refractivity contribution in [3.8, 4) is 0 Å². The van der Waals surface area contributed by atoms with Crippen molar-refractivity contribution in [1.82, 2.24) is 10.2 Å². The van der Waals surface area contributed by atoms with E-state index >= 15 is 0 Å². The number of fused-ring (bicyclic) bond motifs is 2. The first-order valence-electron chi connectivity index (χ1n) is 11.6. The van der Waals surface area contributed by atoms with Crippen LogP contribution in [0.15, 0.2) is 48.5 Å². The summed E-state index contributed by atoms with van der Waals surface area (Å²) < 4.78 is 0. The molecule has 2 aromatic carbocycles. The van der Waals surface area contributed by atoms with Gasteiger partial charge in [-0.1, -0.05) is 51.1 Å². The van der Waals surface area contributed by atoms with Crippen LogP contribution in [0.25, 0.3) is 0 Å². The number of anilines is 1. The molecular weight excluding hydrogens is 414 g/mol. The Hall–Kier alpha value is -3.15. The lowest BCUT2D eigenvalue weighted by Gasteiger charge is -2.39. The van der Waals surface area contributed by atoms with Crippen molar-refractivity contribution >= 4 is 23.4 Å². The molecule has 1 spiro atoms. The van der Waals surface area contributed by atoms with E-state index in [0.29, 0.717) is 44.5 Å². The summed E-state index contributed by atoms with van der Waals surface area (Å²) in [6.45, 7) is 7.74. The molecule has 0 saturated carbocycles. The van der Waals surface area contributed by atoms with Gasteiger partial charge in [-0.15, -0.1) is 0 Å². The van der Waals surface area contributed by atoms with Gasteiger partial charge < -0.3 is 15.1 Å². The Morgan fingerprint density at radius 2 is 1.70 bits per heavy atom. The summed E-state index contributed by atoms with van der Waals surface area (Å²) in [6.07, 6.45) is 1.65. The predicted molar refractivity (Wildman–Crippen MR) is 129 cm³/mol. The number of rotatable bonds is 4. The number of carbonyl (C=O) groups excluding carboxylic acids is 3. The maximum absolute atomic E-state index is 13.4. The van der Waals surface area contributed by atoms with E-state index in [1.165, 1.54) is 0 Å². The molecule has 3 amide bonds. The molecule has 1 fully saturated rings. The Morgan fingerprint density at radius 1 is 1.03 bits per heavy atom. The summed E-state index contributed by atoms with van der Waals surface area (Å²) in [5.41, 5.74) is 2.62. The van der Waals surface area contributed by atoms with Crippen LogP contribution in [0.3, 0.4) is 0 Å². The number of nitrogens with zero attached hydrogens (tertiary/aromatic N) is 2. The highest BCUT2D eigenvalue weighted by Gasteiger charge is 2.51. The summed E-state index contributed by atoms with van der Waals surface area (Å²) in [5.74, 6) is 0.0456. The maximum atomic E-state index is 13.4. The molecule has 2 aromatic rings. The molecule has 33 heavy (non-hydrogen) atoms. The van der Waals surface area contributed by atoms with Crippen molar-refractivity contribution in [2.75, 3.05) is 25.0 Å². The van der Waals surface area contributed by atoms with Crippen LogP contribution in [0.4, 0.5) is 5.69 Å². The minimum absolute atomic E-state index is 0.0577. The number of likely N-dealkylation sites (N-methyl/N-ethyl adjacent to an activating group) is 1. The molecular formula is C27H33N3O3. The van der Waals surface area contributed by atoms with Crippen molar-refractivity contribution in [1.29, 1.82) is 0 Å². The molecule has 0 radical (unpaired) electrons. The van der Waals surface area contributed by atoms with Crippen LogP contribution < -0.4 is 10.2 Å². The number of piperidine rings is 1. The van der Waals surface area contributed by atoms with Crippen molar-refractivity contribution in [2.45, 2.75) is 52.0 Å². The summed E-state index contributed by atoms with van der Waals surface area (Å²) in [6, 6.07) is 15.3. The summed E-state index contributed by atoms with van der Waals surface area (Å²) >= 11 is 0. The Bertz CT molecular complexity index is 1060. The average molecular weight is 448 g/mol. The van der Waals surface area contributed by atoms with Gasteiger partial charge in [0.05, 0.1) is 5.41 Å². The second-order valence-electron chi connectivity index (χ2n) is 10.5. The highest BCUT2D eigenvalue weighted by molar-refractivity contribution is 6.09. The number of nitrogens with one attached hydrogen (secondary N) is 1. The molecule has 2 aliphatic rings. The maximum Gasteiger partial charge on any atom is 0.251 e. The fraction of sp³-hybridized carbons (Fsp3) is 0.444. The van der Waals surface area contributed by atoms with Crippen molar-refractivity contribution in [3.63, 3.8) is 0 Å². The fourth-order valence-corrected chi connectivity index (χ4v) is 4.97. The standard InChI is InChI=1S/C27H33N3O3/c1-26(2,3)17-23(31)30-14-12-27(13-15-30)21-16-20(10-11-22(21)29(4)25(27)33)24(32)28-18-19-8-6-5-7-9-19/h5-11,16H,12-15,17-18H2,1-4H3,(H,28,32). The highest BCUT2D eigenvalue weighted by atomic mass is 16.2. The van der Waals surface area contributed by atoms with Gasteiger partial charge in [0.1, 0.15) is 0 Å². The van der Waals surface area contributed by atoms with Gasteiger partial charge in [-0.2, -0.15) is 0 Å². The zero-order chi connectivity index (χ0) is 23.8. The van der Waals surface area contributed by atoms with Crippen LogP contribution >= 0.6 is 0 Å². The summed E-state index contributed by atoms with van der Waals surface area (Å²) in [4.78, 5) is 42.5. The van der Waals surface area contributed by atoms with E-state index < -0.39 is 5.41 Å². The molecule has 2 aliphatic heterocycles. The van der Waals surface area contributed by atoms with Gasteiger partial charge >= 0.3 is 0 Å². The monoisotopic (exact) mass is 447 g/mol. The van der Waals surface area contributed by atoms with E-state index in [-0.39, 0.29) is 23.1 Å². The Kier molecular flexibility index (Phi) is 6.04. The van der Waals surface area contributed by atoms with Crippen LogP contribution in [-0.2, 0) is 21.5 Å². The molecule has 174 valence electrons. The third-order valence-electron chi connectivity index (χ3n) is 6.80. The molecule has 4 rings (SSSR count). The Labute approximate surface area is 196 Å². The largest absolute Gasteiger partial charge is 0.348 e. The lowest BCUT2D eigenvalue weighted by atomic mass is 9.73. The van der Waals surface area contributed by atoms with Gasteiger partial charge in [0.2, 0.25) is 11.8 Å². The normalized spacial score (nSPS) is 17.3. The van der Waals surface area contributed by atoms with E-state index in [1.54, 1.807) is 18.0 Å². The quantitative estimate of drug-likeness (QED) is 0.773. The fourth-order valence-electron chi connectivity index (χ4n) is 4.97. The van der Waals surface area contributed by atoms with E-state index in [1.807, 2.05) is 47.4 Å². The minimum Gasteiger partial charge on any atom is -0.348 e. The van der Waals surface area contributed by atoms with E-state index in [2.05, 4.69) is 26.1 Å². The minimum atomic E-state index is -0.668. The third kappa shape index (κ3) is 4.52. The van der Waals surface area contributed by atoms with Gasteiger partial charge in [0.15, 0.2) is 0 Å². The van der Waals surface area contributed by atoms with Gasteiger partial charge in [0.25, 0.3) is 5.91 Å². The van der Waals surface area contributed by atoms with Gasteiger partial charge in [-0.25, -0.2) is 0 Å². The Balaban J connectivity index is 1.52. The SMILES string of the molecule is CN1C(=O)C2(CCN(C(=O)CC(C)(C)C)CC2)c2cc(C(=O)NCc3ccccc3)ccc21. The van der Waals surface area contributed by atoms with Crippen LogP contribution in [-0.4, -0.2) is 42.8 Å². The van der Waals surface area contributed by atoms with Gasteiger partial charge in [-0.05, 0) is 47.6 Å². The first-order valence-corrected chi connectivity index (χ1v) is 11.6. The highest BCUT2D eigenvalue weighted by Crippen LogP contribution is 2.48. The van der Waals surface area contributed by atoms with E-state index in [4.69, 9.17) is 0 Å². The first kappa shape index (κ1) is 23.0.